The van der Waals surface area contributed by atoms with Crippen LogP contribution in [-0.2, 0) is 4.79 Å². The van der Waals surface area contributed by atoms with Gasteiger partial charge in [-0.25, -0.2) is 0 Å². The highest BCUT2D eigenvalue weighted by molar-refractivity contribution is 7.99. The number of likely N-dealkylation sites (tertiary alicyclic amines) is 1. The zero-order valence-corrected chi connectivity index (χ0v) is 18.3. The van der Waals surface area contributed by atoms with E-state index in [9.17, 15) is 4.79 Å². The summed E-state index contributed by atoms with van der Waals surface area (Å²) in [5, 5.41) is 9.37. The van der Waals surface area contributed by atoms with Gasteiger partial charge in [0.2, 0.25) is 10.9 Å². The molecule has 0 unspecified atom stereocenters. The number of thioether (sulfide) groups is 1. The monoisotopic (exact) mass is 452 g/mol. The van der Waals surface area contributed by atoms with Crippen molar-refractivity contribution < 1.29 is 14.3 Å². The molecule has 0 radical (unpaired) electrons. The van der Waals surface area contributed by atoms with Gasteiger partial charge < -0.3 is 14.4 Å². The van der Waals surface area contributed by atoms with Crippen molar-refractivity contribution in [3.05, 3.63) is 48.0 Å². The Morgan fingerprint density at radius 1 is 1.13 bits per heavy atom. The zero-order chi connectivity index (χ0) is 20.8. The van der Waals surface area contributed by atoms with Gasteiger partial charge >= 0.3 is 0 Å². The SMILES string of the molecule is O=C(CSc1nnc2sc3ccccc3n12)N1CCC[C@H]1c1ccc2c(c1)OCCO2. The first-order valence-corrected chi connectivity index (χ1v) is 12.1. The number of hydrogen-bond donors (Lipinski definition) is 0. The summed E-state index contributed by atoms with van der Waals surface area (Å²) < 4.78 is 14.6. The van der Waals surface area contributed by atoms with Crippen LogP contribution < -0.4 is 9.47 Å². The lowest BCUT2D eigenvalue weighted by Gasteiger charge is -2.26. The first kappa shape index (κ1) is 18.9. The number of aromatic nitrogens is 3. The fourth-order valence-electron chi connectivity index (χ4n) is 4.34. The molecule has 31 heavy (non-hydrogen) atoms. The average Bonchev–Trinajstić information content (AvgIpc) is 3.52. The highest BCUT2D eigenvalue weighted by atomic mass is 32.2. The van der Waals surface area contributed by atoms with Gasteiger partial charge in [0, 0.05) is 6.54 Å². The van der Waals surface area contributed by atoms with Crippen LogP contribution in [0.3, 0.4) is 0 Å². The molecule has 9 heteroatoms. The maximum Gasteiger partial charge on any atom is 0.233 e. The van der Waals surface area contributed by atoms with E-state index in [0.29, 0.717) is 19.0 Å². The summed E-state index contributed by atoms with van der Waals surface area (Å²) in [5.41, 5.74) is 2.19. The molecule has 0 spiro atoms. The van der Waals surface area contributed by atoms with Crippen molar-refractivity contribution in [1.82, 2.24) is 19.5 Å². The number of rotatable bonds is 4. The van der Waals surface area contributed by atoms with E-state index in [0.717, 1.165) is 52.1 Å². The molecule has 1 amide bonds. The van der Waals surface area contributed by atoms with Crippen LogP contribution in [0.4, 0.5) is 0 Å². The summed E-state index contributed by atoms with van der Waals surface area (Å²) in [6, 6.07) is 14.3. The summed E-state index contributed by atoms with van der Waals surface area (Å²) in [7, 11) is 0. The van der Waals surface area contributed by atoms with E-state index in [1.807, 2.05) is 33.6 Å². The molecule has 1 atom stereocenters. The largest absolute Gasteiger partial charge is 0.486 e. The van der Waals surface area contributed by atoms with Gasteiger partial charge in [0.25, 0.3) is 0 Å². The summed E-state index contributed by atoms with van der Waals surface area (Å²) in [5.74, 6) is 2.01. The molecule has 2 aliphatic rings. The molecule has 2 aliphatic heterocycles. The fourth-order valence-corrected chi connectivity index (χ4v) is 6.19. The number of carbonyl (C=O) groups excluding carboxylic acids is 1. The molecule has 1 saturated heterocycles. The van der Waals surface area contributed by atoms with Crippen LogP contribution in [0, 0.1) is 0 Å². The Balaban J connectivity index is 1.21. The molecule has 0 aliphatic carbocycles. The summed E-state index contributed by atoms with van der Waals surface area (Å²) >= 11 is 3.06. The highest BCUT2D eigenvalue weighted by Crippen LogP contribution is 2.38. The van der Waals surface area contributed by atoms with E-state index < -0.39 is 0 Å². The van der Waals surface area contributed by atoms with Gasteiger partial charge in [0.15, 0.2) is 16.7 Å². The van der Waals surface area contributed by atoms with Crippen LogP contribution in [-0.4, -0.2) is 50.9 Å². The van der Waals surface area contributed by atoms with Crippen LogP contribution in [0.15, 0.2) is 47.6 Å². The second kappa shape index (κ2) is 7.72. The molecule has 0 bridgehead atoms. The Kier molecular flexibility index (Phi) is 4.72. The van der Waals surface area contributed by atoms with E-state index in [1.165, 1.54) is 16.5 Å². The maximum atomic E-state index is 13.1. The summed E-state index contributed by atoms with van der Waals surface area (Å²) in [6.07, 6.45) is 1.96. The van der Waals surface area contributed by atoms with Crippen LogP contribution in [0.1, 0.15) is 24.4 Å². The molecule has 4 heterocycles. The van der Waals surface area contributed by atoms with Crippen LogP contribution >= 0.6 is 23.1 Å². The van der Waals surface area contributed by atoms with E-state index >= 15 is 0 Å². The molecule has 2 aromatic heterocycles. The first-order valence-electron chi connectivity index (χ1n) is 10.3. The number of benzene rings is 2. The van der Waals surface area contributed by atoms with Crippen molar-refractivity contribution in [3.63, 3.8) is 0 Å². The van der Waals surface area contributed by atoms with Crippen LogP contribution in [0.25, 0.3) is 15.2 Å². The summed E-state index contributed by atoms with van der Waals surface area (Å²) in [6.45, 7) is 1.91. The highest BCUT2D eigenvalue weighted by Gasteiger charge is 2.31. The molecule has 158 valence electrons. The van der Waals surface area contributed by atoms with Crippen LogP contribution in [0.5, 0.6) is 11.5 Å². The van der Waals surface area contributed by atoms with Gasteiger partial charge in [-0.2, -0.15) is 0 Å². The predicted molar refractivity (Wildman–Crippen MR) is 120 cm³/mol. The van der Waals surface area contributed by atoms with E-state index in [1.54, 1.807) is 11.3 Å². The number of carbonyl (C=O) groups is 1. The van der Waals surface area contributed by atoms with Gasteiger partial charge in [-0.15, -0.1) is 10.2 Å². The fraction of sp³-hybridized carbons (Fsp3) is 0.318. The number of ether oxygens (including phenoxy) is 2. The third-order valence-corrected chi connectivity index (χ3v) is 7.69. The smallest absolute Gasteiger partial charge is 0.233 e. The zero-order valence-electron chi connectivity index (χ0n) is 16.7. The Morgan fingerprint density at radius 2 is 2.00 bits per heavy atom. The maximum absolute atomic E-state index is 13.1. The molecule has 0 saturated carbocycles. The predicted octanol–water partition coefficient (Wildman–Crippen LogP) is 4.17. The van der Waals surface area contributed by atoms with Gasteiger partial charge in [-0.1, -0.05) is 41.3 Å². The molecule has 1 fully saturated rings. The number of thiazole rings is 1. The first-order chi connectivity index (χ1) is 15.3. The lowest BCUT2D eigenvalue weighted by Crippen LogP contribution is -2.32. The number of hydrogen-bond acceptors (Lipinski definition) is 7. The molecular formula is C22H20N4O3S2. The average molecular weight is 453 g/mol. The minimum absolute atomic E-state index is 0.0734. The van der Waals surface area contributed by atoms with Crippen molar-refractivity contribution >= 4 is 44.2 Å². The Morgan fingerprint density at radius 3 is 2.94 bits per heavy atom. The quantitative estimate of drug-likeness (QED) is 0.433. The van der Waals surface area contributed by atoms with Gasteiger partial charge in [0.1, 0.15) is 13.2 Å². The Hall–Kier alpha value is -2.78. The van der Waals surface area contributed by atoms with E-state index in [4.69, 9.17) is 9.47 Å². The second-order valence-electron chi connectivity index (χ2n) is 7.61. The van der Waals surface area contributed by atoms with Gasteiger partial charge in [-0.3, -0.25) is 9.20 Å². The Labute approximate surface area is 187 Å². The van der Waals surface area contributed by atoms with E-state index in [-0.39, 0.29) is 11.9 Å². The lowest BCUT2D eigenvalue weighted by molar-refractivity contribution is -0.129. The molecule has 4 aromatic rings. The third-order valence-electron chi connectivity index (χ3n) is 5.76. The third kappa shape index (κ3) is 3.32. The number of nitrogens with zero attached hydrogens (tertiary/aromatic N) is 4. The van der Waals surface area contributed by atoms with Gasteiger partial charge in [0.05, 0.1) is 22.0 Å². The number of amides is 1. The minimum atomic E-state index is 0.0734. The molecule has 0 N–H and O–H groups in total. The topological polar surface area (TPSA) is 69.0 Å². The van der Waals surface area contributed by atoms with Crippen molar-refractivity contribution in [1.29, 1.82) is 0 Å². The number of para-hydroxylation sites is 1. The lowest BCUT2D eigenvalue weighted by atomic mass is 10.0. The molecule has 7 nitrogen and oxygen atoms in total. The van der Waals surface area contributed by atoms with Crippen molar-refractivity contribution in [2.24, 2.45) is 0 Å². The van der Waals surface area contributed by atoms with Crippen molar-refractivity contribution in [3.8, 4) is 11.5 Å². The minimum Gasteiger partial charge on any atom is -0.486 e. The van der Waals surface area contributed by atoms with E-state index in [2.05, 4.69) is 28.4 Å². The molecule has 6 rings (SSSR count). The normalized spacial score (nSPS) is 18.2. The van der Waals surface area contributed by atoms with Crippen molar-refractivity contribution in [2.45, 2.75) is 24.0 Å². The molecular weight excluding hydrogens is 432 g/mol. The van der Waals surface area contributed by atoms with Crippen LogP contribution in [0.2, 0.25) is 0 Å². The Bertz CT molecular complexity index is 1280. The number of fused-ring (bicyclic) bond motifs is 4. The standard InChI is InChI=1S/C22H20N4O3S2/c27-20(13-30-21-23-24-22-26(21)16-4-1-2-6-19(16)31-22)25-9-3-5-15(25)14-7-8-17-18(12-14)29-11-10-28-17/h1-2,4,6-8,12,15H,3,5,9-11,13H2/t15-/m0/s1. The van der Waals surface area contributed by atoms with Gasteiger partial charge in [-0.05, 0) is 42.7 Å². The van der Waals surface area contributed by atoms with Crippen molar-refractivity contribution in [2.75, 3.05) is 25.5 Å². The second-order valence-corrected chi connectivity index (χ2v) is 9.56. The summed E-state index contributed by atoms with van der Waals surface area (Å²) in [4.78, 5) is 16.0. The molecule has 2 aromatic carbocycles.